The van der Waals surface area contributed by atoms with Gasteiger partial charge in [-0.3, -0.25) is 0 Å². The summed E-state index contributed by atoms with van der Waals surface area (Å²) in [4.78, 5) is 0. The van der Waals surface area contributed by atoms with Gasteiger partial charge in [0, 0.05) is 27.7 Å². The molecular formula is C26H24N2OS. The van der Waals surface area contributed by atoms with Crippen LogP contribution in [0.3, 0.4) is 0 Å². The minimum absolute atomic E-state index is 0.0365. The summed E-state index contributed by atoms with van der Waals surface area (Å²) in [6, 6.07) is 21.6. The molecule has 1 aromatic heterocycles. The average molecular weight is 413 g/mol. The van der Waals surface area contributed by atoms with Gasteiger partial charge in [0.05, 0.1) is 18.5 Å². The smallest absolute Gasteiger partial charge is 0.123 e. The van der Waals surface area contributed by atoms with Crippen molar-refractivity contribution >= 4 is 22.5 Å². The molecule has 0 fully saturated rings. The minimum atomic E-state index is 0.0365. The van der Waals surface area contributed by atoms with Crippen LogP contribution in [0, 0.1) is 12.8 Å². The molecule has 150 valence electrons. The molecule has 0 saturated carbocycles. The summed E-state index contributed by atoms with van der Waals surface area (Å²) in [6.45, 7) is 7.56. The SMILES string of the molecule is Cc1ccc(-n2ncc3c2SC(C)(C)[C@@H]2COc4ccc5ccccc5c4[C@H]32)cc1. The normalized spacial score (nSPS) is 21.4. The third-order valence-electron chi connectivity index (χ3n) is 6.68. The molecule has 6 rings (SSSR count). The molecule has 3 nitrogen and oxygen atoms in total. The second-order valence-corrected chi connectivity index (χ2v) is 10.6. The lowest BCUT2D eigenvalue weighted by atomic mass is 9.73. The highest BCUT2D eigenvalue weighted by atomic mass is 32.2. The van der Waals surface area contributed by atoms with Gasteiger partial charge < -0.3 is 4.74 Å². The Morgan fingerprint density at radius 2 is 1.83 bits per heavy atom. The van der Waals surface area contributed by atoms with Crippen LogP contribution in [0.25, 0.3) is 16.5 Å². The van der Waals surface area contributed by atoms with Crippen molar-refractivity contribution in [1.82, 2.24) is 9.78 Å². The maximum Gasteiger partial charge on any atom is 0.123 e. The Hall–Kier alpha value is -2.72. The summed E-state index contributed by atoms with van der Waals surface area (Å²) in [6.07, 6.45) is 2.09. The molecule has 3 heterocycles. The lowest BCUT2D eigenvalue weighted by Gasteiger charge is -2.46. The van der Waals surface area contributed by atoms with Crippen LogP contribution in [0.15, 0.2) is 71.9 Å². The number of rotatable bonds is 1. The maximum atomic E-state index is 6.32. The van der Waals surface area contributed by atoms with Crippen LogP contribution in [0.2, 0.25) is 0 Å². The van der Waals surface area contributed by atoms with Crippen LogP contribution >= 0.6 is 11.8 Å². The van der Waals surface area contributed by atoms with Gasteiger partial charge in [0.2, 0.25) is 0 Å². The maximum absolute atomic E-state index is 6.32. The molecule has 0 saturated heterocycles. The lowest BCUT2D eigenvalue weighted by molar-refractivity contribution is 0.178. The van der Waals surface area contributed by atoms with E-state index in [1.165, 1.54) is 32.5 Å². The molecule has 0 spiro atoms. The molecule has 0 bridgehead atoms. The molecule has 0 aliphatic carbocycles. The zero-order valence-corrected chi connectivity index (χ0v) is 18.2. The molecule has 2 atom stereocenters. The van der Waals surface area contributed by atoms with Gasteiger partial charge in [0.25, 0.3) is 0 Å². The number of nitrogens with zero attached hydrogens (tertiary/aromatic N) is 2. The van der Waals surface area contributed by atoms with Gasteiger partial charge in [-0.25, -0.2) is 4.68 Å². The van der Waals surface area contributed by atoms with Crippen LogP contribution in [-0.4, -0.2) is 21.1 Å². The standard InChI is InChI=1S/C26H24N2OS/c1-16-8-11-18(12-9-16)28-25-20(14-27-28)23-21(26(2,3)30-25)15-29-22-13-10-17-6-4-5-7-19(17)24(22)23/h4-14,21,23H,15H2,1-3H3/t21-,23-/m1/s1. The monoisotopic (exact) mass is 412 g/mol. The first-order valence-corrected chi connectivity index (χ1v) is 11.3. The third kappa shape index (κ3) is 2.56. The predicted molar refractivity (Wildman–Crippen MR) is 123 cm³/mol. The van der Waals surface area contributed by atoms with Gasteiger partial charge in [0.15, 0.2) is 0 Å². The van der Waals surface area contributed by atoms with E-state index in [1.54, 1.807) is 0 Å². The Morgan fingerprint density at radius 1 is 1.03 bits per heavy atom. The van der Waals surface area contributed by atoms with E-state index in [4.69, 9.17) is 9.84 Å². The van der Waals surface area contributed by atoms with E-state index < -0.39 is 0 Å². The van der Waals surface area contributed by atoms with Gasteiger partial charge in [-0.2, -0.15) is 5.10 Å². The summed E-state index contributed by atoms with van der Waals surface area (Å²) in [7, 11) is 0. The number of ether oxygens (including phenoxy) is 1. The van der Waals surface area contributed by atoms with E-state index in [-0.39, 0.29) is 10.7 Å². The van der Waals surface area contributed by atoms with Crippen LogP contribution < -0.4 is 4.74 Å². The molecule has 0 N–H and O–H groups in total. The number of thioether (sulfide) groups is 1. The topological polar surface area (TPSA) is 27.1 Å². The summed E-state index contributed by atoms with van der Waals surface area (Å²) < 4.78 is 8.47. The van der Waals surface area contributed by atoms with E-state index in [9.17, 15) is 0 Å². The highest BCUT2D eigenvalue weighted by Gasteiger charge is 2.49. The molecule has 0 radical (unpaired) electrons. The molecule has 3 aromatic carbocycles. The first-order valence-electron chi connectivity index (χ1n) is 10.5. The third-order valence-corrected chi connectivity index (χ3v) is 8.11. The van der Waals surface area contributed by atoms with Crippen LogP contribution in [-0.2, 0) is 0 Å². The first kappa shape index (κ1) is 18.1. The summed E-state index contributed by atoms with van der Waals surface area (Å²) in [5.74, 6) is 1.70. The van der Waals surface area contributed by atoms with E-state index in [2.05, 4.69) is 92.3 Å². The predicted octanol–water partition coefficient (Wildman–Crippen LogP) is 6.36. The van der Waals surface area contributed by atoms with Crippen LogP contribution in [0.5, 0.6) is 5.75 Å². The molecular weight excluding hydrogens is 388 g/mol. The summed E-state index contributed by atoms with van der Waals surface area (Å²) in [5, 5.41) is 8.68. The van der Waals surface area contributed by atoms with Crippen LogP contribution in [0.4, 0.5) is 0 Å². The second kappa shape index (κ2) is 6.39. The highest BCUT2D eigenvalue weighted by Crippen LogP contribution is 2.58. The Bertz CT molecular complexity index is 1270. The second-order valence-electron chi connectivity index (χ2n) is 8.95. The van der Waals surface area contributed by atoms with E-state index in [0.29, 0.717) is 5.92 Å². The molecule has 0 amide bonds. The molecule has 2 aliphatic rings. The quantitative estimate of drug-likeness (QED) is 0.364. The van der Waals surface area contributed by atoms with Crippen molar-refractivity contribution in [2.75, 3.05) is 6.61 Å². The Balaban J connectivity index is 1.60. The number of fused-ring (bicyclic) bond motifs is 7. The van der Waals surface area contributed by atoms with Crippen molar-refractivity contribution in [3.8, 4) is 11.4 Å². The van der Waals surface area contributed by atoms with Gasteiger partial charge >= 0.3 is 0 Å². The average Bonchev–Trinajstić information content (AvgIpc) is 3.16. The Kier molecular flexibility index (Phi) is 3.85. The number of hydrogen-bond donors (Lipinski definition) is 0. The highest BCUT2D eigenvalue weighted by molar-refractivity contribution is 8.00. The largest absolute Gasteiger partial charge is 0.493 e. The van der Waals surface area contributed by atoms with Crippen molar-refractivity contribution in [1.29, 1.82) is 0 Å². The zero-order chi connectivity index (χ0) is 20.5. The number of hydrogen-bond acceptors (Lipinski definition) is 3. The van der Waals surface area contributed by atoms with E-state index in [1.807, 2.05) is 11.8 Å². The molecule has 2 aliphatic heterocycles. The summed E-state index contributed by atoms with van der Waals surface area (Å²) in [5.41, 5.74) is 5.03. The molecule has 30 heavy (non-hydrogen) atoms. The van der Waals surface area contributed by atoms with Crippen molar-refractivity contribution in [3.05, 3.63) is 83.6 Å². The van der Waals surface area contributed by atoms with Gasteiger partial charge in [-0.15, -0.1) is 0 Å². The minimum Gasteiger partial charge on any atom is -0.493 e. The first-order chi connectivity index (χ1) is 14.5. The van der Waals surface area contributed by atoms with Gasteiger partial charge in [-0.1, -0.05) is 59.8 Å². The fourth-order valence-corrected chi connectivity index (χ4v) is 6.42. The Labute approximate surface area is 181 Å². The molecule has 4 aromatic rings. The zero-order valence-electron chi connectivity index (χ0n) is 17.4. The van der Waals surface area contributed by atoms with E-state index in [0.717, 1.165) is 18.0 Å². The van der Waals surface area contributed by atoms with E-state index >= 15 is 0 Å². The van der Waals surface area contributed by atoms with Crippen molar-refractivity contribution in [3.63, 3.8) is 0 Å². The fraction of sp³-hybridized carbons (Fsp3) is 0.269. The van der Waals surface area contributed by atoms with Crippen molar-refractivity contribution in [2.24, 2.45) is 5.92 Å². The number of aryl methyl sites for hydroxylation is 1. The van der Waals surface area contributed by atoms with Crippen molar-refractivity contribution < 1.29 is 4.74 Å². The number of benzene rings is 3. The molecule has 0 unspecified atom stereocenters. The Morgan fingerprint density at radius 3 is 2.67 bits per heavy atom. The van der Waals surface area contributed by atoms with Gasteiger partial charge in [-0.05, 0) is 49.7 Å². The number of aromatic nitrogens is 2. The lowest BCUT2D eigenvalue weighted by Crippen LogP contribution is -2.43. The molecule has 4 heteroatoms. The van der Waals surface area contributed by atoms with Gasteiger partial charge in [0.1, 0.15) is 10.8 Å². The van der Waals surface area contributed by atoms with Crippen molar-refractivity contribution in [2.45, 2.75) is 36.5 Å². The fourth-order valence-electron chi connectivity index (χ4n) is 5.03. The summed E-state index contributed by atoms with van der Waals surface area (Å²) >= 11 is 1.93. The van der Waals surface area contributed by atoms with Crippen LogP contribution in [0.1, 0.15) is 36.5 Å².